The molecule has 18 heavy (non-hydrogen) atoms. The third-order valence-corrected chi connectivity index (χ3v) is 3.17. The molecule has 4 nitrogen and oxygen atoms in total. The second-order valence-electron chi connectivity index (χ2n) is 4.36. The molecule has 1 atom stereocenters. The first kappa shape index (κ1) is 12.7. The first-order chi connectivity index (χ1) is 8.58. The first-order valence-corrected chi connectivity index (χ1v) is 6.16. The zero-order chi connectivity index (χ0) is 13.1. The SMILES string of the molecule is CC(=O)C(Cc1cccc(C)c1)n1[nH]cnc1=S. The number of nitrogens with zero attached hydrogens (tertiary/aromatic N) is 2. The van der Waals surface area contributed by atoms with Crippen LogP contribution in [0.15, 0.2) is 30.6 Å². The van der Waals surface area contributed by atoms with Crippen molar-refractivity contribution in [3.63, 3.8) is 0 Å². The summed E-state index contributed by atoms with van der Waals surface area (Å²) >= 11 is 5.09. The normalized spacial score (nSPS) is 12.3. The van der Waals surface area contributed by atoms with E-state index in [4.69, 9.17) is 12.2 Å². The predicted octanol–water partition coefficient (Wildman–Crippen LogP) is 2.62. The second-order valence-corrected chi connectivity index (χ2v) is 4.72. The van der Waals surface area contributed by atoms with E-state index in [2.05, 4.69) is 16.1 Å². The zero-order valence-corrected chi connectivity index (χ0v) is 11.2. The van der Waals surface area contributed by atoms with E-state index in [9.17, 15) is 4.79 Å². The van der Waals surface area contributed by atoms with Crippen molar-refractivity contribution in [2.24, 2.45) is 0 Å². The van der Waals surface area contributed by atoms with Crippen molar-refractivity contribution in [1.29, 1.82) is 0 Å². The van der Waals surface area contributed by atoms with Crippen LogP contribution in [0.3, 0.4) is 0 Å². The molecule has 0 fully saturated rings. The number of Topliss-reactive ketones (excluding diaryl/α,β-unsaturated/α-hetero) is 1. The van der Waals surface area contributed by atoms with Gasteiger partial charge in [0.15, 0.2) is 5.78 Å². The van der Waals surface area contributed by atoms with Gasteiger partial charge in [0.2, 0.25) is 4.77 Å². The molecule has 1 heterocycles. The molecule has 0 radical (unpaired) electrons. The maximum atomic E-state index is 11.8. The molecule has 0 amide bonds. The molecular formula is C13H15N3OS. The van der Waals surface area contributed by atoms with Gasteiger partial charge in [0, 0.05) is 6.42 Å². The third kappa shape index (κ3) is 2.73. The Balaban J connectivity index is 2.31. The minimum Gasteiger partial charge on any atom is -0.298 e. The van der Waals surface area contributed by atoms with Crippen molar-refractivity contribution in [3.8, 4) is 0 Å². The largest absolute Gasteiger partial charge is 0.298 e. The van der Waals surface area contributed by atoms with E-state index in [-0.39, 0.29) is 11.8 Å². The summed E-state index contributed by atoms with van der Waals surface area (Å²) in [5, 5.41) is 2.90. The minimum atomic E-state index is -0.318. The van der Waals surface area contributed by atoms with Gasteiger partial charge in [-0.15, -0.1) is 0 Å². The van der Waals surface area contributed by atoms with Crippen LogP contribution in [-0.2, 0) is 11.2 Å². The topological polar surface area (TPSA) is 50.7 Å². The van der Waals surface area contributed by atoms with Gasteiger partial charge >= 0.3 is 0 Å². The molecule has 0 saturated heterocycles. The number of H-pyrrole nitrogens is 1. The molecule has 0 saturated carbocycles. The van der Waals surface area contributed by atoms with Gasteiger partial charge in [-0.1, -0.05) is 29.8 Å². The van der Waals surface area contributed by atoms with Crippen molar-refractivity contribution in [2.75, 3.05) is 0 Å². The predicted molar refractivity (Wildman–Crippen MR) is 72.0 cm³/mol. The third-order valence-electron chi connectivity index (χ3n) is 2.87. The maximum Gasteiger partial charge on any atom is 0.216 e. The van der Waals surface area contributed by atoms with E-state index in [1.807, 2.05) is 25.1 Å². The van der Waals surface area contributed by atoms with Gasteiger partial charge in [-0.2, -0.15) is 0 Å². The van der Waals surface area contributed by atoms with Crippen LogP contribution in [0.5, 0.6) is 0 Å². The highest BCUT2D eigenvalue weighted by Crippen LogP contribution is 2.16. The number of hydrogen-bond acceptors (Lipinski definition) is 3. The van der Waals surface area contributed by atoms with Crippen LogP contribution in [0.4, 0.5) is 0 Å². The summed E-state index contributed by atoms with van der Waals surface area (Å²) in [4.78, 5) is 15.7. The molecule has 0 aliphatic rings. The second kappa shape index (κ2) is 5.27. The summed E-state index contributed by atoms with van der Waals surface area (Å²) in [5.41, 5.74) is 2.30. The standard InChI is InChI=1S/C13H15N3OS/c1-9-4-3-5-11(6-9)7-12(10(2)17)16-13(18)14-8-15-16/h3-6,8,12H,7H2,1-2H3,(H,14,15,18). The smallest absolute Gasteiger partial charge is 0.216 e. The molecule has 0 spiro atoms. The molecule has 2 aromatic rings. The molecule has 0 bridgehead atoms. The van der Waals surface area contributed by atoms with Gasteiger partial charge < -0.3 is 0 Å². The van der Waals surface area contributed by atoms with E-state index in [0.29, 0.717) is 11.2 Å². The van der Waals surface area contributed by atoms with Crippen LogP contribution >= 0.6 is 12.2 Å². The number of aryl methyl sites for hydroxylation is 1. The number of carbonyl (C=O) groups is 1. The van der Waals surface area contributed by atoms with E-state index in [1.54, 1.807) is 11.6 Å². The van der Waals surface area contributed by atoms with Gasteiger partial charge in [-0.05, 0) is 31.6 Å². The van der Waals surface area contributed by atoms with Crippen molar-refractivity contribution >= 4 is 18.0 Å². The Bertz CT molecular complexity index is 614. The fraction of sp³-hybridized carbons (Fsp3) is 0.308. The number of rotatable bonds is 4. The molecule has 1 N–H and O–H groups in total. The summed E-state index contributed by atoms with van der Waals surface area (Å²) in [6.45, 7) is 3.61. The quantitative estimate of drug-likeness (QED) is 0.861. The number of nitrogens with one attached hydrogen (secondary N) is 1. The highest BCUT2D eigenvalue weighted by Gasteiger charge is 2.18. The Kier molecular flexibility index (Phi) is 3.72. The van der Waals surface area contributed by atoms with Crippen LogP contribution in [0.25, 0.3) is 0 Å². The van der Waals surface area contributed by atoms with Crippen LogP contribution in [0.1, 0.15) is 24.1 Å². The van der Waals surface area contributed by atoms with Crippen molar-refractivity contribution < 1.29 is 4.79 Å². The molecule has 5 heteroatoms. The van der Waals surface area contributed by atoms with Crippen molar-refractivity contribution in [3.05, 3.63) is 46.5 Å². The molecule has 1 unspecified atom stereocenters. The zero-order valence-electron chi connectivity index (χ0n) is 10.4. The Hall–Kier alpha value is -1.75. The van der Waals surface area contributed by atoms with Crippen molar-refractivity contribution in [2.45, 2.75) is 26.3 Å². The molecule has 0 aliphatic heterocycles. The lowest BCUT2D eigenvalue weighted by Crippen LogP contribution is -2.21. The number of aromatic nitrogens is 3. The van der Waals surface area contributed by atoms with Crippen LogP contribution in [-0.4, -0.2) is 20.5 Å². The van der Waals surface area contributed by atoms with Crippen LogP contribution in [0.2, 0.25) is 0 Å². The van der Waals surface area contributed by atoms with Crippen molar-refractivity contribution in [1.82, 2.24) is 14.8 Å². The fourth-order valence-corrected chi connectivity index (χ4v) is 2.20. The number of aromatic amines is 1. The average molecular weight is 261 g/mol. The Morgan fingerprint density at radius 1 is 1.56 bits per heavy atom. The number of hydrogen-bond donors (Lipinski definition) is 1. The van der Waals surface area contributed by atoms with E-state index >= 15 is 0 Å². The minimum absolute atomic E-state index is 0.0665. The van der Waals surface area contributed by atoms with Gasteiger partial charge in [-0.25, -0.2) is 9.67 Å². The molecular weight excluding hydrogens is 246 g/mol. The van der Waals surface area contributed by atoms with Gasteiger partial charge in [0.1, 0.15) is 12.4 Å². The lowest BCUT2D eigenvalue weighted by molar-refractivity contribution is -0.120. The monoisotopic (exact) mass is 261 g/mol. The summed E-state index contributed by atoms with van der Waals surface area (Å²) in [6.07, 6.45) is 2.13. The number of ketones is 1. The van der Waals surface area contributed by atoms with E-state index in [0.717, 1.165) is 5.56 Å². The lowest BCUT2D eigenvalue weighted by Gasteiger charge is -2.15. The molecule has 1 aromatic carbocycles. The van der Waals surface area contributed by atoms with Gasteiger partial charge in [0.25, 0.3) is 0 Å². The number of carbonyl (C=O) groups excluding carboxylic acids is 1. The molecule has 1 aromatic heterocycles. The molecule has 0 aliphatic carbocycles. The molecule has 94 valence electrons. The van der Waals surface area contributed by atoms with Crippen LogP contribution < -0.4 is 0 Å². The fourth-order valence-electron chi connectivity index (χ4n) is 1.97. The summed E-state index contributed by atoms with van der Waals surface area (Å²) in [6, 6.07) is 7.81. The number of benzene rings is 1. The van der Waals surface area contributed by atoms with E-state index < -0.39 is 0 Å². The van der Waals surface area contributed by atoms with E-state index in [1.165, 1.54) is 11.9 Å². The highest BCUT2D eigenvalue weighted by molar-refractivity contribution is 7.71. The van der Waals surface area contributed by atoms with Gasteiger partial charge in [0.05, 0.1) is 0 Å². The summed E-state index contributed by atoms with van der Waals surface area (Å²) in [5.74, 6) is 0.0665. The maximum absolute atomic E-state index is 11.8. The highest BCUT2D eigenvalue weighted by atomic mass is 32.1. The molecule has 2 rings (SSSR count). The van der Waals surface area contributed by atoms with Gasteiger partial charge in [-0.3, -0.25) is 9.89 Å². The summed E-state index contributed by atoms with van der Waals surface area (Å²) < 4.78 is 2.04. The lowest BCUT2D eigenvalue weighted by atomic mass is 10.0. The Morgan fingerprint density at radius 2 is 2.33 bits per heavy atom. The Labute approximate surface area is 111 Å². The average Bonchev–Trinajstić information content (AvgIpc) is 2.72. The first-order valence-electron chi connectivity index (χ1n) is 5.76. The summed E-state index contributed by atoms with van der Waals surface area (Å²) in [7, 11) is 0. The Morgan fingerprint density at radius 3 is 2.89 bits per heavy atom. The van der Waals surface area contributed by atoms with Crippen LogP contribution in [0, 0.1) is 11.7 Å².